The molecule has 2 rings (SSSR count). The van der Waals surface area contributed by atoms with E-state index in [9.17, 15) is 0 Å². The minimum absolute atomic E-state index is 0.349. The SMILES string of the molecule is C/C(=C/N)c1ccc(C(C)(C)OCCN2CCOCC2)cn1. The Balaban J connectivity index is 1.88. The van der Waals surface area contributed by atoms with Gasteiger partial charge in [-0.2, -0.15) is 0 Å². The molecule has 0 unspecified atom stereocenters. The van der Waals surface area contributed by atoms with Crippen molar-refractivity contribution in [1.82, 2.24) is 9.88 Å². The van der Waals surface area contributed by atoms with E-state index in [1.807, 2.05) is 19.2 Å². The molecule has 0 aromatic carbocycles. The Morgan fingerprint density at radius 1 is 1.41 bits per heavy atom. The van der Waals surface area contributed by atoms with Crippen LogP contribution in [0.25, 0.3) is 5.57 Å². The molecular formula is C17H27N3O2. The Morgan fingerprint density at radius 3 is 2.73 bits per heavy atom. The number of pyridine rings is 1. The topological polar surface area (TPSA) is 60.6 Å². The Kier molecular flexibility index (Phi) is 5.94. The molecule has 1 aliphatic heterocycles. The standard InChI is InChI=1S/C17H27N3O2/c1-14(12-18)16-5-4-15(13-19-16)17(2,3)22-11-8-20-6-9-21-10-7-20/h4-5,12-13H,6-11,18H2,1-3H3/b14-12-. The lowest BCUT2D eigenvalue weighted by atomic mass is 9.99. The summed E-state index contributed by atoms with van der Waals surface area (Å²) in [6, 6.07) is 4.05. The maximum Gasteiger partial charge on any atom is 0.0890 e. The van der Waals surface area contributed by atoms with Crippen LogP contribution in [0, 0.1) is 0 Å². The van der Waals surface area contributed by atoms with E-state index in [1.165, 1.54) is 0 Å². The van der Waals surface area contributed by atoms with Crippen molar-refractivity contribution in [2.75, 3.05) is 39.5 Å². The second-order valence-corrected chi connectivity index (χ2v) is 6.09. The molecule has 0 atom stereocenters. The first-order chi connectivity index (χ1) is 10.5. The monoisotopic (exact) mass is 305 g/mol. The van der Waals surface area contributed by atoms with Gasteiger partial charge in [-0.15, -0.1) is 0 Å². The predicted molar refractivity (Wildman–Crippen MR) is 88.3 cm³/mol. The minimum Gasteiger partial charge on any atom is -0.404 e. The molecule has 5 heteroatoms. The van der Waals surface area contributed by atoms with Gasteiger partial charge in [-0.1, -0.05) is 6.07 Å². The lowest BCUT2D eigenvalue weighted by Crippen LogP contribution is -2.39. The molecule has 1 saturated heterocycles. The van der Waals surface area contributed by atoms with E-state index in [2.05, 4.69) is 29.8 Å². The molecule has 0 radical (unpaired) electrons. The second kappa shape index (κ2) is 7.72. The van der Waals surface area contributed by atoms with Crippen LogP contribution >= 0.6 is 0 Å². The van der Waals surface area contributed by atoms with Gasteiger partial charge in [0, 0.05) is 31.4 Å². The highest BCUT2D eigenvalue weighted by Crippen LogP contribution is 2.25. The fourth-order valence-corrected chi connectivity index (χ4v) is 2.41. The summed E-state index contributed by atoms with van der Waals surface area (Å²) in [4.78, 5) is 6.83. The summed E-state index contributed by atoms with van der Waals surface area (Å²) >= 11 is 0. The molecular weight excluding hydrogens is 278 g/mol. The van der Waals surface area contributed by atoms with Gasteiger partial charge in [-0.3, -0.25) is 9.88 Å². The second-order valence-electron chi connectivity index (χ2n) is 6.09. The normalized spacial score (nSPS) is 17.7. The molecule has 1 fully saturated rings. The number of rotatable bonds is 6. The van der Waals surface area contributed by atoms with Gasteiger partial charge in [-0.05, 0) is 38.6 Å². The zero-order valence-electron chi connectivity index (χ0n) is 13.8. The molecule has 1 aromatic heterocycles. The molecule has 22 heavy (non-hydrogen) atoms. The molecule has 122 valence electrons. The van der Waals surface area contributed by atoms with Crippen LogP contribution in [0.4, 0.5) is 0 Å². The van der Waals surface area contributed by atoms with Gasteiger partial charge in [0.1, 0.15) is 0 Å². The van der Waals surface area contributed by atoms with Gasteiger partial charge < -0.3 is 15.2 Å². The highest BCUT2D eigenvalue weighted by Gasteiger charge is 2.22. The van der Waals surface area contributed by atoms with Gasteiger partial charge in [0.05, 0.1) is 31.1 Å². The van der Waals surface area contributed by atoms with Crippen LogP contribution in [-0.2, 0) is 15.1 Å². The van der Waals surface area contributed by atoms with Crippen molar-refractivity contribution >= 4 is 5.57 Å². The summed E-state index contributed by atoms with van der Waals surface area (Å²) in [5.41, 5.74) is 8.12. The number of nitrogens with zero attached hydrogens (tertiary/aromatic N) is 2. The Labute approximate surface area is 133 Å². The van der Waals surface area contributed by atoms with E-state index in [4.69, 9.17) is 15.2 Å². The van der Waals surface area contributed by atoms with Crippen molar-refractivity contribution in [2.45, 2.75) is 26.4 Å². The smallest absolute Gasteiger partial charge is 0.0890 e. The number of allylic oxidation sites excluding steroid dienone is 1. The van der Waals surface area contributed by atoms with Gasteiger partial charge >= 0.3 is 0 Å². The molecule has 0 amide bonds. The Hall–Kier alpha value is -1.43. The number of aromatic nitrogens is 1. The fraction of sp³-hybridized carbons (Fsp3) is 0.588. The zero-order valence-corrected chi connectivity index (χ0v) is 13.8. The molecule has 2 N–H and O–H groups in total. The molecule has 1 aliphatic rings. The first kappa shape index (κ1) is 16.9. The molecule has 0 saturated carbocycles. The number of nitrogens with two attached hydrogens (primary N) is 1. The van der Waals surface area contributed by atoms with Crippen molar-refractivity contribution in [3.8, 4) is 0 Å². The van der Waals surface area contributed by atoms with Gasteiger partial charge in [-0.25, -0.2) is 0 Å². The first-order valence-corrected chi connectivity index (χ1v) is 7.82. The van der Waals surface area contributed by atoms with Crippen molar-refractivity contribution in [2.24, 2.45) is 5.73 Å². The number of hydrogen-bond donors (Lipinski definition) is 1. The summed E-state index contributed by atoms with van der Waals surface area (Å²) in [7, 11) is 0. The average Bonchev–Trinajstić information content (AvgIpc) is 2.55. The third-order valence-corrected chi connectivity index (χ3v) is 4.09. The average molecular weight is 305 g/mol. The van der Waals surface area contributed by atoms with Crippen molar-refractivity contribution in [1.29, 1.82) is 0 Å². The summed E-state index contributed by atoms with van der Waals surface area (Å²) < 4.78 is 11.4. The molecule has 0 spiro atoms. The van der Waals surface area contributed by atoms with E-state index in [-0.39, 0.29) is 5.60 Å². The largest absolute Gasteiger partial charge is 0.404 e. The summed E-state index contributed by atoms with van der Waals surface area (Å²) in [5, 5.41) is 0. The Morgan fingerprint density at radius 2 is 2.14 bits per heavy atom. The van der Waals surface area contributed by atoms with Crippen LogP contribution in [0.5, 0.6) is 0 Å². The summed E-state index contributed by atoms with van der Waals surface area (Å²) in [5.74, 6) is 0. The lowest BCUT2D eigenvalue weighted by Gasteiger charge is -2.30. The van der Waals surface area contributed by atoms with Crippen LogP contribution in [0.2, 0.25) is 0 Å². The van der Waals surface area contributed by atoms with Crippen LogP contribution in [-0.4, -0.2) is 49.3 Å². The van der Waals surface area contributed by atoms with Crippen molar-refractivity contribution in [3.05, 3.63) is 35.8 Å². The number of ether oxygens (including phenoxy) is 2. The van der Waals surface area contributed by atoms with Gasteiger partial charge in [0.15, 0.2) is 0 Å². The third-order valence-electron chi connectivity index (χ3n) is 4.09. The first-order valence-electron chi connectivity index (χ1n) is 7.82. The predicted octanol–water partition coefficient (Wildman–Crippen LogP) is 1.98. The van der Waals surface area contributed by atoms with E-state index < -0.39 is 0 Å². The van der Waals surface area contributed by atoms with Crippen LogP contribution in [0.15, 0.2) is 24.5 Å². The van der Waals surface area contributed by atoms with E-state index in [0.29, 0.717) is 6.61 Å². The highest BCUT2D eigenvalue weighted by molar-refractivity contribution is 5.59. The molecule has 2 heterocycles. The molecule has 0 bridgehead atoms. The summed E-state index contributed by atoms with van der Waals surface area (Å²) in [6.45, 7) is 11.4. The van der Waals surface area contributed by atoms with Crippen LogP contribution in [0.1, 0.15) is 32.0 Å². The molecule has 0 aliphatic carbocycles. The Bertz CT molecular complexity index is 491. The quantitative estimate of drug-likeness (QED) is 0.871. The molecule has 5 nitrogen and oxygen atoms in total. The van der Waals surface area contributed by atoms with E-state index in [0.717, 1.165) is 49.7 Å². The highest BCUT2D eigenvalue weighted by atomic mass is 16.5. The zero-order chi connectivity index (χ0) is 16.0. The lowest BCUT2D eigenvalue weighted by molar-refractivity contribution is -0.0421. The van der Waals surface area contributed by atoms with Crippen molar-refractivity contribution < 1.29 is 9.47 Å². The van der Waals surface area contributed by atoms with Gasteiger partial charge in [0.25, 0.3) is 0 Å². The summed E-state index contributed by atoms with van der Waals surface area (Å²) in [6.07, 6.45) is 3.45. The maximum atomic E-state index is 6.08. The minimum atomic E-state index is -0.349. The number of hydrogen-bond acceptors (Lipinski definition) is 5. The van der Waals surface area contributed by atoms with Crippen LogP contribution in [0.3, 0.4) is 0 Å². The fourth-order valence-electron chi connectivity index (χ4n) is 2.41. The van der Waals surface area contributed by atoms with E-state index in [1.54, 1.807) is 6.20 Å². The van der Waals surface area contributed by atoms with Crippen molar-refractivity contribution in [3.63, 3.8) is 0 Å². The van der Waals surface area contributed by atoms with E-state index >= 15 is 0 Å². The number of morpholine rings is 1. The molecule has 1 aromatic rings. The maximum absolute atomic E-state index is 6.08. The van der Waals surface area contributed by atoms with Gasteiger partial charge in [0.2, 0.25) is 0 Å². The van der Waals surface area contributed by atoms with Crippen LogP contribution < -0.4 is 5.73 Å². The third kappa shape index (κ3) is 4.53.